The Bertz CT molecular complexity index is 1190. The van der Waals surface area contributed by atoms with Crippen molar-refractivity contribution in [2.45, 2.75) is 26.2 Å². The van der Waals surface area contributed by atoms with Crippen molar-refractivity contribution in [1.29, 1.82) is 0 Å². The van der Waals surface area contributed by atoms with E-state index in [-0.39, 0.29) is 11.8 Å². The molecular weight excluding hydrogens is 410 g/mol. The van der Waals surface area contributed by atoms with Crippen LogP contribution in [0.4, 0.5) is 28.8 Å². The van der Waals surface area contributed by atoms with E-state index in [2.05, 4.69) is 25.9 Å². The molecule has 1 unspecified atom stereocenters. The maximum absolute atomic E-state index is 12.8. The van der Waals surface area contributed by atoms with Crippen LogP contribution in [-0.4, -0.2) is 15.9 Å². The van der Waals surface area contributed by atoms with Crippen molar-refractivity contribution in [3.05, 3.63) is 102 Å². The first kappa shape index (κ1) is 22.0. The van der Waals surface area contributed by atoms with Gasteiger partial charge in [0.15, 0.2) is 0 Å². The number of amides is 1. The van der Waals surface area contributed by atoms with Crippen LogP contribution >= 0.6 is 0 Å². The summed E-state index contributed by atoms with van der Waals surface area (Å²) in [5.74, 6) is 1.02. The van der Waals surface area contributed by atoms with Crippen LogP contribution in [0.3, 0.4) is 0 Å². The van der Waals surface area contributed by atoms with Gasteiger partial charge in [-0.05, 0) is 55.3 Å². The molecule has 1 heterocycles. The number of para-hydroxylation sites is 1. The highest BCUT2D eigenvalue weighted by atomic mass is 16.1. The van der Waals surface area contributed by atoms with Gasteiger partial charge < -0.3 is 16.0 Å². The summed E-state index contributed by atoms with van der Waals surface area (Å²) in [7, 11) is 0. The fourth-order valence-corrected chi connectivity index (χ4v) is 3.61. The Morgan fingerprint density at radius 3 is 2.06 bits per heavy atom. The first-order valence-electron chi connectivity index (χ1n) is 11.0. The number of aryl methyl sites for hydroxylation is 1. The van der Waals surface area contributed by atoms with Crippen molar-refractivity contribution in [1.82, 2.24) is 9.97 Å². The van der Waals surface area contributed by atoms with Crippen LogP contribution in [0, 0.1) is 6.92 Å². The predicted molar refractivity (Wildman–Crippen MR) is 134 cm³/mol. The maximum Gasteiger partial charge on any atom is 0.231 e. The molecule has 6 nitrogen and oxygen atoms in total. The van der Waals surface area contributed by atoms with Gasteiger partial charge in [-0.2, -0.15) is 4.98 Å². The summed E-state index contributed by atoms with van der Waals surface area (Å²) in [5.41, 5.74) is 4.41. The second-order valence-electron chi connectivity index (χ2n) is 7.77. The molecule has 1 amide bonds. The van der Waals surface area contributed by atoms with Crippen LogP contribution in [-0.2, 0) is 4.79 Å². The number of hydrogen-bond acceptors (Lipinski definition) is 5. The Morgan fingerprint density at radius 2 is 1.39 bits per heavy atom. The van der Waals surface area contributed by atoms with Gasteiger partial charge in [0.05, 0.1) is 5.92 Å². The van der Waals surface area contributed by atoms with E-state index in [9.17, 15) is 4.79 Å². The maximum atomic E-state index is 12.8. The molecule has 33 heavy (non-hydrogen) atoms. The molecule has 0 saturated carbocycles. The smallest absolute Gasteiger partial charge is 0.231 e. The van der Waals surface area contributed by atoms with Gasteiger partial charge in [-0.1, -0.05) is 55.5 Å². The van der Waals surface area contributed by atoms with Crippen molar-refractivity contribution >= 4 is 34.7 Å². The molecule has 0 bridgehead atoms. The second kappa shape index (κ2) is 10.4. The fourth-order valence-electron chi connectivity index (χ4n) is 3.61. The molecule has 0 aliphatic heterocycles. The van der Waals surface area contributed by atoms with E-state index in [4.69, 9.17) is 0 Å². The fraction of sp³-hybridized carbons (Fsp3) is 0.148. The molecule has 0 radical (unpaired) electrons. The summed E-state index contributed by atoms with van der Waals surface area (Å²) in [6.07, 6.45) is 0.736. The third kappa shape index (κ3) is 5.95. The number of hydrogen-bond donors (Lipinski definition) is 3. The standard InChI is InChI=1S/C27H27N5O/c1-3-24(20-10-6-4-7-11-20)26(33)30-22-14-16-23(17-15-22)31-27-28-19(2)18-25(32-27)29-21-12-8-5-9-13-21/h4-18,24H,3H2,1-2H3,(H,30,33)(H2,28,29,31,32). The average molecular weight is 438 g/mol. The molecule has 4 aromatic rings. The number of aromatic nitrogens is 2. The van der Waals surface area contributed by atoms with Crippen molar-refractivity contribution in [3.63, 3.8) is 0 Å². The zero-order chi connectivity index (χ0) is 23.0. The van der Waals surface area contributed by atoms with E-state index < -0.39 is 0 Å². The van der Waals surface area contributed by atoms with E-state index in [0.717, 1.165) is 34.7 Å². The average Bonchev–Trinajstić information content (AvgIpc) is 2.82. The molecule has 3 aromatic carbocycles. The van der Waals surface area contributed by atoms with E-state index in [1.807, 2.05) is 105 Å². The normalized spacial score (nSPS) is 11.5. The number of benzene rings is 3. The zero-order valence-corrected chi connectivity index (χ0v) is 18.7. The molecular formula is C27H27N5O. The minimum atomic E-state index is -0.180. The predicted octanol–water partition coefficient (Wildman–Crippen LogP) is 6.40. The molecule has 4 rings (SSSR count). The molecule has 0 spiro atoms. The lowest BCUT2D eigenvalue weighted by molar-refractivity contribution is -0.117. The molecule has 0 saturated heterocycles. The second-order valence-corrected chi connectivity index (χ2v) is 7.77. The molecule has 6 heteroatoms. The van der Waals surface area contributed by atoms with Gasteiger partial charge in [0.2, 0.25) is 11.9 Å². The van der Waals surface area contributed by atoms with Gasteiger partial charge in [0.25, 0.3) is 0 Å². The van der Waals surface area contributed by atoms with Crippen LogP contribution in [0.1, 0.15) is 30.5 Å². The van der Waals surface area contributed by atoms with Crippen LogP contribution < -0.4 is 16.0 Å². The lowest BCUT2D eigenvalue weighted by atomic mass is 9.95. The van der Waals surface area contributed by atoms with Gasteiger partial charge in [-0.25, -0.2) is 4.98 Å². The Kier molecular flexibility index (Phi) is 6.95. The molecule has 166 valence electrons. The molecule has 1 atom stereocenters. The number of rotatable bonds is 8. The summed E-state index contributed by atoms with van der Waals surface area (Å²) in [6, 6.07) is 29.2. The van der Waals surface area contributed by atoms with Gasteiger partial charge in [-0.3, -0.25) is 4.79 Å². The first-order valence-corrected chi connectivity index (χ1v) is 11.0. The van der Waals surface area contributed by atoms with Crippen molar-refractivity contribution < 1.29 is 4.79 Å². The van der Waals surface area contributed by atoms with Gasteiger partial charge >= 0.3 is 0 Å². The zero-order valence-electron chi connectivity index (χ0n) is 18.7. The van der Waals surface area contributed by atoms with Crippen molar-refractivity contribution in [2.24, 2.45) is 0 Å². The quantitative estimate of drug-likeness (QED) is 0.297. The molecule has 1 aromatic heterocycles. The SMILES string of the molecule is CCC(C(=O)Nc1ccc(Nc2nc(C)cc(Nc3ccccc3)n2)cc1)c1ccccc1. The van der Waals surface area contributed by atoms with E-state index >= 15 is 0 Å². The molecule has 0 aliphatic carbocycles. The van der Waals surface area contributed by atoms with E-state index in [0.29, 0.717) is 11.8 Å². The number of carbonyl (C=O) groups excluding carboxylic acids is 1. The largest absolute Gasteiger partial charge is 0.340 e. The molecule has 0 aliphatic rings. The van der Waals surface area contributed by atoms with Crippen LogP contribution in [0.2, 0.25) is 0 Å². The third-order valence-electron chi connectivity index (χ3n) is 5.24. The van der Waals surface area contributed by atoms with Crippen LogP contribution in [0.25, 0.3) is 0 Å². The Balaban J connectivity index is 1.42. The monoisotopic (exact) mass is 437 g/mol. The highest BCUT2D eigenvalue weighted by Crippen LogP contribution is 2.23. The molecule has 0 fully saturated rings. The van der Waals surface area contributed by atoms with Gasteiger partial charge in [-0.15, -0.1) is 0 Å². The van der Waals surface area contributed by atoms with Gasteiger partial charge in [0, 0.05) is 28.8 Å². The lowest BCUT2D eigenvalue weighted by Crippen LogP contribution is -2.20. The number of nitrogens with one attached hydrogen (secondary N) is 3. The Hall–Kier alpha value is -4.19. The number of carbonyl (C=O) groups is 1. The number of anilines is 5. The highest BCUT2D eigenvalue weighted by Gasteiger charge is 2.18. The number of nitrogens with zero attached hydrogens (tertiary/aromatic N) is 2. The van der Waals surface area contributed by atoms with Crippen molar-refractivity contribution in [3.8, 4) is 0 Å². The topological polar surface area (TPSA) is 78.9 Å². The molecule has 3 N–H and O–H groups in total. The Labute approximate surface area is 194 Å². The minimum absolute atomic E-state index is 0.0111. The summed E-state index contributed by atoms with van der Waals surface area (Å²) in [5, 5.41) is 9.55. The van der Waals surface area contributed by atoms with E-state index in [1.54, 1.807) is 0 Å². The van der Waals surface area contributed by atoms with Gasteiger partial charge in [0.1, 0.15) is 5.82 Å². The third-order valence-corrected chi connectivity index (χ3v) is 5.24. The first-order chi connectivity index (χ1) is 16.1. The highest BCUT2D eigenvalue weighted by molar-refractivity contribution is 5.96. The Morgan fingerprint density at radius 1 is 0.788 bits per heavy atom. The summed E-state index contributed by atoms with van der Waals surface area (Å²) >= 11 is 0. The van der Waals surface area contributed by atoms with E-state index in [1.165, 1.54) is 0 Å². The summed E-state index contributed by atoms with van der Waals surface area (Å²) < 4.78 is 0. The minimum Gasteiger partial charge on any atom is -0.340 e. The summed E-state index contributed by atoms with van der Waals surface area (Å²) in [4.78, 5) is 21.8. The lowest BCUT2D eigenvalue weighted by Gasteiger charge is -2.16. The van der Waals surface area contributed by atoms with Crippen LogP contribution in [0.5, 0.6) is 0 Å². The van der Waals surface area contributed by atoms with Crippen molar-refractivity contribution in [2.75, 3.05) is 16.0 Å². The summed E-state index contributed by atoms with van der Waals surface area (Å²) in [6.45, 7) is 3.95. The van der Waals surface area contributed by atoms with Crippen LogP contribution in [0.15, 0.2) is 91.0 Å².